The standard InChI is InChI=1S/C17H19FN2O/c1-11-8-13(4-6-15(11)18)10-20-16-7-5-14(9-12(16)2)17(21)19-3/h4-9,20H,10H2,1-3H3,(H,19,21). The molecule has 2 N–H and O–H groups in total. The maximum Gasteiger partial charge on any atom is 0.251 e. The fraction of sp³-hybridized carbons (Fsp3) is 0.235. The molecule has 0 fully saturated rings. The van der Waals surface area contributed by atoms with E-state index in [2.05, 4.69) is 10.6 Å². The second-order valence-corrected chi connectivity index (χ2v) is 5.05. The molecule has 2 aromatic carbocycles. The highest BCUT2D eigenvalue weighted by atomic mass is 19.1. The molecule has 2 aromatic rings. The molecule has 0 atom stereocenters. The van der Waals surface area contributed by atoms with Gasteiger partial charge in [-0.25, -0.2) is 4.39 Å². The van der Waals surface area contributed by atoms with Crippen LogP contribution in [0.25, 0.3) is 0 Å². The molecule has 0 saturated carbocycles. The number of nitrogens with one attached hydrogen (secondary N) is 2. The number of halogens is 1. The molecule has 0 heterocycles. The smallest absolute Gasteiger partial charge is 0.251 e. The SMILES string of the molecule is CNC(=O)c1ccc(NCc2ccc(F)c(C)c2)c(C)c1. The first-order valence-electron chi connectivity index (χ1n) is 6.83. The predicted octanol–water partition coefficient (Wildman–Crippen LogP) is 3.41. The van der Waals surface area contributed by atoms with E-state index in [1.54, 1.807) is 26.1 Å². The lowest BCUT2D eigenvalue weighted by molar-refractivity contribution is 0.0963. The molecule has 0 spiro atoms. The summed E-state index contributed by atoms with van der Waals surface area (Å²) in [6.07, 6.45) is 0. The number of carbonyl (C=O) groups is 1. The van der Waals surface area contributed by atoms with Gasteiger partial charge in [-0.05, 0) is 54.8 Å². The molecular formula is C17H19FN2O. The number of hydrogen-bond donors (Lipinski definition) is 2. The van der Waals surface area contributed by atoms with Crippen molar-refractivity contribution in [2.75, 3.05) is 12.4 Å². The number of rotatable bonds is 4. The average Bonchev–Trinajstić information content (AvgIpc) is 2.48. The van der Waals surface area contributed by atoms with Crippen molar-refractivity contribution in [1.82, 2.24) is 5.32 Å². The van der Waals surface area contributed by atoms with E-state index in [-0.39, 0.29) is 11.7 Å². The minimum absolute atomic E-state index is 0.0983. The van der Waals surface area contributed by atoms with Crippen molar-refractivity contribution in [3.05, 3.63) is 64.5 Å². The van der Waals surface area contributed by atoms with Gasteiger partial charge < -0.3 is 10.6 Å². The molecule has 21 heavy (non-hydrogen) atoms. The van der Waals surface area contributed by atoms with Gasteiger partial charge in [0.05, 0.1) is 0 Å². The quantitative estimate of drug-likeness (QED) is 0.904. The Kier molecular flexibility index (Phi) is 4.58. The van der Waals surface area contributed by atoms with Gasteiger partial charge >= 0.3 is 0 Å². The summed E-state index contributed by atoms with van der Waals surface area (Å²) in [7, 11) is 1.61. The lowest BCUT2D eigenvalue weighted by Crippen LogP contribution is -2.17. The third-order valence-electron chi connectivity index (χ3n) is 3.42. The predicted molar refractivity (Wildman–Crippen MR) is 83.0 cm³/mol. The zero-order valence-electron chi connectivity index (χ0n) is 12.5. The Hall–Kier alpha value is -2.36. The number of amides is 1. The zero-order chi connectivity index (χ0) is 15.4. The summed E-state index contributed by atoms with van der Waals surface area (Å²) in [6.45, 7) is 4.31. The van der Waals surface area contributed by atoms with Crippen LogP contribution in [0.3, 0.4) is 0 Å². The Labute approximate surface area is 124 Å². The Morgan fingerprint density at radius 2 is 1.86 bits per heavy atom. The van der Waals surface area contributed by atoms with E-state index in [0.717, 1.165) is 16.8 Å². The third-order valence-corrected chi connectivity index (χ3v) is 3.42. The molecule has 0 radical (unpaired) electrons. The molecular weight excluding hydrogens is 267 g/mol. The van der Waals surface area contributed by atoms with Crippen molar-refractivity contribution in [3.8, 4) is 0 Å². The van der Waals surface area contributed by atoms with Crippen LogP contribution in [0.4, 0.5) is 10.1 Å². The van der Waals surface area contributed by atoms with E-state index in [1.807, 2.05) is 25.1 Å². The van der Waals surface area contributed by atoms with Gasteiger partial charge in [-0.2, -0.15) is 0 Å². The first kappa shape index (κ1) is 15.0. The molecule has 0 aliphatic rings. The first-order chi connectivity index (χ1) is 10.0. The maximum absolute atomic E-state index is 13.2. The Bertz CT molecular complexity index is 668. The van der Waals surface area contributed by atoms with E-state index in [1.165, 1.54) is 6.07 Å². The zero-order valence-corrected chi connectivity index (χ0v) is 12.5. The topological polar surface area (TPSA) is 41.1 Å². The highest BCUT2D eigenvalue weighted by Crippen LogP contribution is 2.18. The number of carbonyl (C=O) groups excluding carboxylic acids is 1. The minimum Gasteiger partial charge on any atom is -0.381 e. The Balaban J connectivity index is 2.09. The largest absolute Gasteiger partial charge is 0.381 e. The van der Waals surface area contributed by atoms with Gasteiger partial charge in [0.25, 0.3) is 5.91 Å². The van der Waals surface area contributed by atoms with Crippen LogP contribution in [-0.2, 0) is 6.54 Å². The lowest BCUT2D eigenvalue weighted by atomic mass is 10.1. The number of hydrogen-bond acceptors (Lipinski definition) is 2. The molecule has 110 valence electrons. The first-order valence-corrected chi connectivity index (χ1v) is 6.83. The number of aryl methyl sites for hydroxylation is 2. The molecule has 0 bridgehead atoms. The molecule has 1 amide bonds. The van der Waals surface area contributed by atoms with Crippen LogP contribution in [0.5, 0.6) is 0 Å². The maximum atomic E-state index is 13.2. The van der Waals surface area contributed by atoms with Crippen molar-refractivity contribution >= 4 is 11.6 Å². The summed E-state index contributed by atoms with van der Waals surface area (Å²) in [5.74, 6) is -0.288. The summed E-state index contributed by atoms with van der Waals surface area (Å²) >= 11 is 0. The van der Waals surface area contributed by atoms with Gasteiger partial charge in [-0.1, -0.05) is 12.1 Å². The third kappa shape index (κ3) is 3.60. The number of benzene rings is 2. The van der Waals surface area contributed by atoms with Gasteiger partial charge in [0.1, 0.15) is 5.82 Å². The van der Waals surface area contributed by atoms with E-state index >= 15 is 0 Å². The van der Waals surface area contributed by atoms with Crippen molar-refractivity contribution in [3.63, 3.8) is 0 Å². The lowest BCUT2D eigenvalue weighted by Gasteiger charge is -2.11. The van der Waals surface area contributed by atoms with Gasteiger partial charge in [-0.3, -0.25) is 4.79 Å². The fourth-order valence-electron chi connectivity index (χ4n) is 2.16. The average molecular weight is 286 g/mol. The molecule has 0 aliphatic carbocycles. The highest BCUT2D eigenvalue weighted by molar-refractivity contribution is 5.94. The minimum atomic E-state index is -0.190. The number of anilines is 1. The second-order valence-electron chi connectivity index (χ2n) is 5.05. The van der Waals surface area contributed by atoms with Crippen LogP contribution in [0.1, 0.15) is 27.0 Å². The van der Waals surface area contributed by atoms with Crippen molar-refractivity contribution < 1.29 is 9.18 Å². The van der Waals surface area contributed by atoms with E-state index < -0.39 is 0 Å². The van der Waals surface area contributed by atoms with Crippen LogP contribution >= 0.6 is 0 Å². The van der Waals surface area contributed by atoms with Gasteiger partial charge in [0.2, 0.25) is 0 Å². The van der Waals surface area contributed by atoms with Crippen molar-refractivity contribution in [2.45, 2.75) is 20.4 Å². The van der Waals surface area contributed by atoms with Crippen LogP contribution < -0.4 is 10.6 Å². The van der Waals surface area contributed by atoms with Gasteiger partial charge in [-0.15, -0.1) is 0 Å². The van der Waals surface area contributed by atoms with E-state index in [9.17, 15) is 9.18 Å². The molecule has 0 aliphatic heterocycles. The van der Waals surface area contributed by atoms with Crippen molar-refractivity contribution in [1.29, 1.82) is 0 Å². The van der Waals surface area contributed by atoms with Crippen LogP contribution in [-0.4, -0.2) is 13.0 Å². The molecule has 2 rings (SSSR count). The van der Waals surface area contributed by atoms with E-state index in [4.69, 9.17) is 0 Å². The fourth-order valence-corrected chi connectivity index (χ4v) is 2.16. The molecule has 0 aromatic heterocycles. The summed E-state index contributed by atoms with van der Waals surface area (Å²) in [5, 5.41) is 5.91. The Morgan fingerprint density at radius 3 is 2.48 bits per heavy atom. The van der Waals surface area contributed by atoms with Crippen LogP contribution in [0.15, 0.2) is 36.4 Å². The van der Waals surface area contributed by atoms with Gasteiger partial charge in [0.15, 0.2) is 0 Å². The summed E-state index contributed by atoms with van der Waals surface area (Å²) in [4.78, 5) is 11.6. The van der Waals surface area contributed by atoms with Crippen molar-refractivity contribution in [2.24, 2.45) is 0 Å². The monoisotopic (exact) mass is 286 g/mol. The van der Waals surface area contributed by atoms with E-state index in [0.29, 0.717) is 17.7 Å². The van der Waals surface area contributed by atoms with Gasteiger partial charge in [0, 0.05) is 24.8 Å². The van der Waals surface area contributed by atoms with Crippen LogP contribution in [0.2, 0.25) is 0 Å². The second kappa shape index (κ2) is 6.39. The normalized spacial score (nSPS) is 10.3. The summed E-state index contributed by atoms with van der Waals surface area (Å²) < 4.78 is 13.2. The molecule has 0 saturated heterocycles. The molecule has 4 heteroatoms. The summed E-state index contributed by atoms with van der Waals surface area (Å²) in [6, 6.07) is 10.6. The Morgan fingerprint density at radius 1 is 1.10 bits per heavy atom. The molecule has 0 unspecified atom stereocenters. The highest BCUT2D eigenvalue weighted by Gasteiger charge is 2.06. The molecule has 3 nitrogen and oxygen atoms in total. The summed E-state index contributed by atoms with van der Waals surface area (Å²) in [5.41, 5.74) is 4.25. The van der Waals surface area contributed by atoms with Crippen LogP contribution in [0, 0.1) is 19.7 Å².